The Morgan fingerprint density at radius 1 is 1.30 bits per heavy atom. The summed E-state index contributed by atoms with van der Waals surface area (Å²) in [4.78, 5) is 46.0. The zero-order valence-electron chi connectivity index (χ0n) is 21.3. The van der Waals surface area contributed by atoms with E-state index in [1.54, 1.807) is 12.1 Å². The summed E-state index contributed by atoms with van der Waals surface area (Å²) in [6.07, 6.45) is 2.87. The lowest BCUT2D eigenvalue weighted by atomic mass is 9.71. The summed E-state index contributed by atoms with van der Waals surface area (Å²) < 4.78 is 15.9. The van der Waals surface area contributed by atoms with Gasteiger partial charge in [-0.15, -0.1) is 0 Å². The van der Waals surface area contributed by atoms with Gasteiger partial charge in [0.1, 0.15) is 11.4 Å². The lowest BCUT2D eigenvalue weighted by Crippen LogP contribution is -2.56. The molecule has 0 radical (unpaired) electrons. The van der Waals surface area contributed by atoms with Crippen LogP contribution in [0.4, 0.5) is 0 Å². The number of carboxylic acids is 1. The van der Waals surface area contributed by atoms with Crippen molar-refractivity contribution in [2.24, 2.45) is 11.8 Å². The van der Waals surface area contributed by atoms with Crippen molar-refractivity contribution in [3.05, 3.63) is 46.1 Å². The van der Waals surface area contributed by atoms with E-state index in [9.17, 15) is 14.4 Å². The zero-order chi connectivity index (χ0) is 26.7. The molecule has 1 aromatic carbocycles. The van der Waals surface area contributed by atoms with Gasteiger partial charge in [-0.25, -0.2) is 9.69 Å². The van der Waals surface area contributed by atoms with Gasteiger partial charge >= 0.3 is 23.6 Å². The normalized spacial score (nSPS) is 23.5. The van der Waals surface area contributed by atoms with E-state index >= 15 is 0 Å². The number of benzene rings is 1. The van der Waals surface area contributed by atoms with Crippen LogP contribution >= 0.6 is 0 Å². The number of esters is 2. The monoisotopic (exact) mass is 510 g/mol. The number of carbonyl (C=O) groups excluding carboxylic acids is 2. The summed E-state index contributed by atoms with van der Waals surface area (Å²) in [5.41, 5.74) is 2.00. The van der Waals surface area contributed by atoms with Gasteiger partial charge in [-0.05, 0) is 30.0 Å². The van der Waals surface area contributed by atoms with Crippen molar-refractivity contribution in [2.75, 3.05) is 27.3 Å². The quantitative estimate of drug-likeness (QED) is 0.239. The van der Waals surface area contributed by atoms with Crippen LogP contribution < -0.4 is 4.74 Å². The van der Waals surface area contributed by atoms with Crippen molar-refractivity contribution < 1.29 is 33.7 Å². The first-order valence-electron chi connectivity index (χ1n) is 12.3. The molecule has 196 valence electrons. The number of hydrogen-bond donors (Lipinski definition) is 2. The van der Waals surface area contributed by atoms with E-state index in [-0.39, 0.29) is 24.7 Å². The summed E-state index contributed by atoms with van der Waals surface area (Å²) >= 11 is 0. The largest absolute Gasteiger partial charge is 0.504 e. The molecule has 3 heterocycles. The molecule has 0 unspecified atom stereocenters. The highest BCUT2D eigenvalue weighted by Crippen LogP contribution is 2.51. The molecular weight excluding hydrogens is 478 g/mol. The average molecular weight is 511 g/mol. The van der Waals surface area contributed by atoms with Gasteiger partial charge in [-0.2, -0.15) is 0 Å². The highest BCUT2D eigenvalue weighted by atomic mass is 16.5. The number of piperidine rings is 1. The van der Waals surface area contributed by atoms with Gasteiger partial charge in [0.2, 0.25) is 0 Å². The Labute approximate surface area is 215 Å². The third kappa shape index (κ3) is 4.67. The molecule has 4 rings (SSSR count). The average Bonchev–Trinajstić information content (AvgIpc) is 3.30. The van der Waals surface area contributed by atoms with Gasteiger partial charge in [0, 0.05) is 29.9 Å². The van der Waals surface area contributed by atoms with E-state index in [4.69, 9.17) is 25.9 Å². The molecule has 3 atom stereocenters. The fourth-order valence-corrected chi connectivity index (χ4v) is 5.80. The van der Waals surface area contributed by atoms with Crippen LogP contribution in [0.15, 0.2) is 30.0 Å². The highest BCUT2D eigenvalue weighted by Gasteiger charge is 2.60. The van der Waals surface area contributed by atoms with Crippen molar-refractivity contribution in [3.63, 3.8) is 0 Å². The first kappa shape index (κ1) is 26.2. The Morgan fingerprint density at radius 2 is 2.08 bits per heavy atom. The number of ether oxygens (including phenoxy) is 3. The molecule has 0 spiro atoms. The van der Waals surface area contributed by atoms with E-state index in [1.807, 2.05) is 6.07 Å². The van der Waals surface area contributed by atoms with Gasteiger partial charge in [-0.3, -0.25) is 9.59 Å². The third-order valence-corrected chi connectivity index (χ3v) is 7.54. The van der Waals surface area contributed by atoms with Crippen LogP contribution in [0.2, 0.25) is 0 Å². The Kier molecular flexibility index (Phi) is 7.55. The fourth-order valence-electron chi connectivity index (χ4n) is 5.80. The van der Waals surface area contributed by atoms with Crippen LogP contribution in [0.1, 0.15) is 43.9 Å². The Bertz CT molecular complexity index is 1290. The maximum atomic E-state index is 12.7. The lowest BCUT2D eigenvalue weighted by Gasteiger charge is -2.45. The van der Waals surface area contributed by atoms with Crippen LogP contribution in [0.3, 0.4) is 0 Å². The van der Waals surface area contributed by atoms with Gasteiger partial charge in [-0.1, -0.05) is 24.3 Å². The van der Waals surface area contributed by atoms with Crippen molar-refractivity contribution in [3.8, 4) is 12.3 Å². The molecule has 0 amide bonds. The van der Waals surface area contributed by atoms with E-state index in [0.717, 1.165) is 28.6 Å². The van der Waals surface area contributed by atoms with Gasteiger partial charge < -0.3 is 24.3 Å². The van der Waals surface area contributed by atoms with Crippen LogP contribution in [0, 0.1) is 18.4 Å². The second-order valence-electron chi connectivity index (χ2n) is 9.45. The van der Waals surface area contributed by atoms with Gasteiger partial charge in [0.15, 0.2) is 0 Å². The number of hydrogen-bond acceptors (Lipinski definition) is 7. The van der Waals surface area contributed by atoms with Crippen LogP contribution in [0.25, 0.3) is 15.7 Å². The minimum Gasteiger partial charge on any atom is -0.504 e. The summed E-state index contributed by atoms with van der Waals surface area (Å²) in [6, 6.07) is 5.35. The number of aromatic amines is 1. The zero-order valence-corrected chi connectivity index (χ0v) is 21.3. The van der Waals surface area contributed by atoms with Crippen LogP contribution in [0.5, 0.6) is 5.75 Å². The molecule has 10 heteroatoms. The third-order valence-electron chi connectivity index (χ3n) is 7.54. The number of aromatic nitrogens is 1. The molecule has 0 saturated carbocycles. The number of H-pyrrole nitrogens is 1. The lowest BCUT2D eigenvalue weighted by molar-refractivity contribution is -0.142. The SMILES string of the molecule is C#[N+][C@@]12C[C@H](/C(=C\OC)C(=O)OC)[C@H](CC)CN1CCc1c2[nH]c2cccc(OC(=O)CCC(=O)O)c12. The summed E-state index contributed by atoms with van der Waals surface area (Å²) in [6.45, 7) is 9.60. The van der Waals surface area contributed by atoms with Crippen molar-refractivity contribution in [2.45, 2.75) is 44.7 Å². The molecule has 2 aromatic rings. The topological polar surface area (TPSA) is 123 Å². The number of carboxylic acid groups (broad SMARTS) is 1. The van der Waals surface area contributed by atoms with E-state index in [2.05, 4.69) is 21.7 Å². The predicted octanol–water partition coefficient (Wildman–Crippen LogP) is 3.66. The Hall–Kier alpha value is -3.84. The molecule has 37 heavy (non-hydrogen) atoms. The molecule has 0 aliphatic carbocycles. The Morgan fingerprint density at radius 3 is 2.73 bits per heavy atom. The fraction of sp³-hybridized carbons (Fsp3) is 0.481. The smallest absolute Gasteiger partial charge is 0.378 e. The first-order valence-corrected chi connectivity index (χ1v) is 12.3. The first-order chi connectivity index (χ1) is 17.8. The summed E-state index contributed by atoms with van der Waals surface area (Å²) in [5.74, 6) is -1.82. The molecule has 10 nitrogen and oxygen atoms in total. The number of nitrogens with one attached hydrogen (secondary N) is 1. The number of carbonyl (C=O) groups is 3. The maximum Gasteiger partial charge on any atom is 0.378 e. The number of rotatable bonds is 8. The van der Waals surface area contributed by atoms with Crippen molar-refractivity contribution in [1.29, 1.82) is 0 Å². The Balaban J connectivity index is 1.79. The molecule has 2 aliphatic rings. The number of methoxy groups -OCH3 is 2. The second kappa shape index (κ2) is 10.6. The molecule has 0 bridgehead atoms. The predicted molar refractivity (Wildman–Crippen MR) is 135 cm³/mol. The van der Waals surface area contributed by atoms with Crippen LogP contribution in [-0.4, -0.2) is 60.2 Å². The summed E-state index contributed by atoms with van der Waals surface area (Å²) in [5, 5.41) is 9.64. The minimum atomic E-state index is -1.06. The minimum absolute atomic E-state index is 0.159. The number of nitrogens with zero attached hydrogens (tertiary/aromatic N) is 2. The maximum absolute atomic E-state index is 12.7. The van der Waals surface area contributed by atoms with Gasteiger partial charge in [0.25, 0.3) is 6.57 Å². The molecule has 1 fully saturated rings. The molecule has 2 N–H and O–H groups in total. The highest BCUT2D eigenvalue weighted by molar-refractivity contribution is 5.93. The number of aliphatic carboxylic acids is 1. The van der Waals surface area contributed by atoms with E-state index in [1.165, 1.54) is 20.5 Å². The standard InChI is InChI=1S/C27H31N3O7/c1-5-16-14-30-12-11-17-24-20(7-6-8-21(24)37-23(33)10-9-22(31)32)29-25(17)27(30,28-2)13-18(16)19(15-35-3)26(34)36-4/h2,6-8,15-16,18,29H,5,9-14H2,1,3-4H3/p+1/b19-15+/t16-,18+,27+/m1/s1. The molecule has 2 aliphatic heterocycles. The summed E-state index contributed by atoms with van der Waals surface area (Å²) in [7, 11) is 2.85. The van der Waals surface area contributed by atoms with Crippen LogP contribution in [-0.2, 0) is 35.9 Å². The van der Waals surface area contributed by atoms with Crippen molar-refractivity contribution in [1.82, 2.24) is 9.88 Å². The van der Waals surface area contributed by atoms with Crippen molar-refractivity contribution >= 4 is 28.8 Å². The molecule has 1 aromatic heterocycles. The molecule has 1 saturated heterocycles. The van der Waals surface area contributed by atoms with E-state index in [0.29, 0.717) is 37.3 Å². The van der Waals surface area contributed by atoms with Gasteiger partial charge in [0.05, 0.1) is 45.3 Å². The van der Waals surface area contributed by atoms with E-state index < -0.39 is 23.6 Å². The molecular formula is C27H32N3O7+. The second-order valence-corrected chi connectivity index (χ2v) is 9.45. The number of fused-ring (bicyclic) bond motifs is 5.